The van der Waals surface area contributed by atoms with Gasteiger partial charge in [0.15, 0.2) is 0 Å². The van der Waals surface area contributed by atoms with Crippen molar-refractivity contribution in [1.29, 1.82) is 0 Å². The molecule has 0 aliphatic rings. The Hall–Kier alpha value is -1.33. The van der Waals surface area contributed by atoms with E-state index in [9.17, 15) is 4.79 Å². The maximum Gasteiger partial charge on any atom is 0.308 e. The minimum absolute atomic E-state index is 0.100. The lowest BCUT2D eigenvalue weighted by molar-refractivity contribution is -0.136. The molecule has 1 aromatic carbocycles. The standard InChI is InChI=1S/C15H16BrNO2S/c1-2-10-7-11(16)3-6-14(10)17-9-13-5-4-12(20-13)8-15(18)19/h3-7,17H,2,8-9H2,1H3,(H,18,19). The predicted octanol–water partition coefficient (Wildman–Crippen LogP) is 4.31. The van der Waals surface area contributed by atoms with Gasteiger partial charge in [-0.2, -0.15) is 0 Å². The number of aliphatic carboxylic acids is 1. The summed E-state index contributed by atoms with van der Waals surface area (Å²) < 4.78 is 1.08. The molecule has 0 saturated carbocycles. The lowest BCUT2D eigenvalue weighted by Crippen LogP contribution is -2.00. The Morgan fingerprint density at radius 2 is 2.05 bits per heavy atom. The first-order chi connectivity index (χ1) is 9.58. The van der Waals surface area contributed by atoms with Gasteiger partial charge in [-0.25, -0.2) is 0 Å². The molecule has 1 aromatic heterocycles. The van der Waals surface area contributed by atoms with Crippen molar-refractivity contribution in [2.45, 2.75) is 26.3 Å². The Kier molecular flexibility index (Phi) is 5.20. The number of thiophene rings is 1. The molecule has 0 aliphatic carbocycles. The van der Waals surface area contributed by atoms with Crippen molar-refractivity contribution < 1.29 is 9.90 Å². The van der Waals surface area contributed by atoms with Crippen LogP contribution in [0.2, 0.25) is 0 Å². The minimum Gasteiger partial charge on any atom is -0.481 e. The van der Waals surface area contributed by atoms with Crippen molar-refractivity contribution in [1.82, 2.24) is 0 Å². The highest BCUT2D eigenvalue weighted by Crippen LogP contribution is 2.23. The first-order valence-electron chi connectivity index (χ1n) is 6.40. The summed E-state index contributed by atoms with van der Waals surface area (Å²) >= 11 is 5.02. The Labute approximate surface area is 130 Å². The highest BCUT2D eigenvalue weighted by Gasteiger charge is 2.06. The molecule has 0 bridgehead atoms. The van der Waals surface area contributed by atoms with Crippen LogP contribution in [0, 0.1) is 0 Å². The van der Waals surface area contributed by atoms with E-state index in [4.69, 9.17) is 5.11 Å². The van der Waals surface area contributed by atoms with Crippen LogP contribution in [0.25, 0.3) is 0 Å². The van der Waals surface area contributed by atoms with Crippen molar-refractivity contribution in [3.05, 3.63) is 50.1 Å². The lowest BCUT2D eigenvalue weighted by Gasteiger charge is -2.10. The van der Waals surface area contributed by atoms with E-state index >= 15 is 0 Å². The number of hydrogen-bond donors (Lipinski definition) is 2. The smallest absolute Gasteiger partial charge is 0.308 e. The number of nitrogens with one attached hydrogen (secondary N) is 1. The number of rotatable bonds is 6. The summed E-state index contributed by atoms with van der Waals surface area (Å²) in [5.74, 6) is -0.785. The van der Waals surface area contributed by atoms with Crippen LogP contribution in [0.1, 0.15) is 22.2 Å². The topological polar surface area (TPSA) is 49.3 Å². The summed E-state index contributed by atoms with van der Waals surface area (Å²) in [4.78, 5) is 12.7. The number of carbonyl (C=O) groups is 1. The number of carboxylic acid groups (broad SMARTS) is 1. The molecular weight excluding hydrogens is 338 g/mol. The third-order valence-corrected chi connectivity index (χ3v) is 4.52. The zero-order valence-electron chi connectivity index (χ0n) is 11.1. The van der Waals surface area contributed by atoms with E-state index < -0.39 is 5.97 Å². The molecule has 3 nitrogen and oxygen atoms in total. The summed E-state index contributed by atoms with van der Waals surface area (Å²) in [6.07, 6.45) is 1.07. The molecule has 0 spiro atoms. The molecule has 0 fully saturated rings. The average molecular weight is 354 g/mol. The molecule has 0 atom stereocenters. The molecule has 5 heteroatoms. The fraction of sp³-hybridized carbons (Fsp3) is 0.267. The van der Waals surface area contributed by atoms with Gasteiger partial charge in [-0.15, -0.1) is 11.3 Å². The monoisotopic (exact) mass is 353 g/mol. The number of aryl methyl sites for hydroxylation is 1. The summed E-state index contributed by atoms with van der Waals surface area (Å²) in [5.41, 5.74) is 2.39. The number of halogens is 1. The Morgan fingerprint density at radius 1 is 1.30 bits per heavy atom. The summed E-state index contributed by atoms with van der Waals surface area (Å²) in [6.45, 7) is 2.85. The van der Waals surface area contributed by atoms with Crippen LogP contribution in [0.5, 0.6) is 0 Å². The van der Waals surface area contributed by atoms with E-state index in [1.54, 1.807) is 11.3 Å². The van der Waals surface area contributed by atoms with Gasteiger partial charge in [-0.3, -0.25) is 4.79 Å². The Morgan fingerprint density at radius 3 is 2.75 bits per heavy atom. The van der Waals surface area contributed by atoms with Gasteiger partial charge in [0.2, 0.25) is 0 Å². The van der Waals surface area contributed by atoms with Gasteiger partial charge in [0.1, 0.15) is 0 Å². The number of hydrogen-bond acceptors (Lipinski definition) is 3. The summed E-state index contributed by atoms with van der Waals surface area (Å²) in [6, 6.07) is 10.1. The maximum atomic E-state index is 10.7. The zero-order chi connectivity index (χ0) is 14.5. The SMILES string of the molecule is CCc1cc(Br)ccc1NCc1ccc(CC(=O)O)s1. The molecule has 2 rings (SSSR count). The van der Waals surface area contributed by atoms with Crippen LogP contribution in [-0.2, 0) is 24.2 Å². The first kappa shape index (κ1) is 15.1. The quantitative estimate of drug-likeness (QED) is 0.813. The van der Waals surface area contributed by atoms with Crippen molar-refractivity contribution in [2.75, 3.05) is 5.32 Å². The second kappa shape index (κ2) is 6.90. The van der Waals surface area contributed by atoms with E-state index in [0.717, 1.165) is 32.9 Å². The van der Waals surface area contributed by atoms with Gasteiger partial charge in [0.25, 0.3) is 0 Å². The molecule has 106 valence electrons. The lowest BCUT2D eigenvalue weighted by atomic mass is 10.1. The summed E-state index contributed by atoms with van der Waals surface area (Å²) in [7, 11) is 0. The number of carboxylic acids is 1. The van der Waals surface area contributed by atoms with Gasteiger partial charge in [0.05, 0.1) is 6.42 Å². The fourth-order valence-corrected chi connectivity index (χ4v) is 3.33. The minimum atomic E-state index is -0.785. The third-order valence-electron chi connectivity index (χ3n) is 2.94. The van der Waals surface area contributed by atoms with Gasteiger partial charge < -0.3 is 10.4 Å². The first-order valence-corrected chi connectivity index (χ1v) is 8.01. The van der Waals surface area contributed by atoms with Crippen molar-refractivity contribution >= 4 is 38.9 Å². The Bertz CT molecular complexity index is 610. The van der Waals surface area contributed by atoms with E-state index in [1.807, 2.05) is 18.2 Å². The van der Waals surface area contributed by atoms with Crippen LogP contribution >= 0.6 is 27.3 Å². The Balaban J connectivity index is 2.01. The zero-order valence-corrected chi connectivity index (χ0v) is 13.6. The molecule has 0 unspecified atom stereocenters. The maximum absolute atomic E-state index is 10.7. The summed E-state index contributed by atoms with van der Waals surface area (Å²) in [5, 5.41) is 12.2. The predicted molar refractivity (Wildman–Crippen MR) is 86.5 cm³/mol. The van der Waals surface area contributed by atoms with E-state index in [0.29, 0.717) is 0 Å². The molecule has 2 aromatic rings. The van der Waals surface area contributed by atoms with Gasteiger partial charge in [0, 0.05) is 26.5 Å². The van der Waals surface area contributed by atoms with Crippen LogP contribution in [0.3, 0.4) is 0 Å². The van der Waals surface area contributed by atoms with Crippen LogP contribution in [0.15, 0.2) is 34.8 Å². The fourth-order valence-electron chi connectivity index (χ4n) is 1.97. The van der Waals surface area contributed by atoms with Crippen LogP contribution in [-0.4, -0.2) is 11.1 Å². The molecule has 2 N–H and O–H groups in total. The van der Waals surface area contributed by atoms with Crippen LogP contribution in [0.4, 0.5) is 5.69 Å². The third kappa shape index (κ3) is 4.08. The van der Waals surface area contributed by atoms with Crippen molar-refractivity contribution in [3.63, 3.8) is 0 Å². The second-order valence-electron chi connectivity index (χ2n) is 4.45. The molecule has 1 heterocycles. The molecular formula is C15H16BrNO2S. The normalized spacial score (nSPS) is 10.5. The van der Waals surface area contributed by atoms with Crippen molar-refractivity contribution in [3.8, 4) is 0 Å². The molecule has 0 radical (unpaired) electrons. The second-order valence-corrected chi connectivity index (χ2v) is 6.62. The molecule has 20 heavy (non-hydrogen) atoms. The van der Waals surface area contributed by atoms with Gasteiger partial charge >= 0.3 is 5.97 Å². The highest BCUT2D eigenvalue weighted by molar-refractivity contribution is 9.10. The molecule has 0 saturated heterocycles. The van der Waals surface area contributed by atoms with Gasteiger partial charge in [-0.05, 0) is 42.3 Å². The number of benzene rings is 1. The largest absolute Gasteiger partial charge is 0.481 e. The number of anilines is 1. The molecule has 0 amide bonds. The average Bonchev–Trinajstić information content (AvgIpc) is 2.84. The van der Waals surface area contributed by atoms with Gasteiger partial charge in [-0.1, -0.05) is 22.9 Å². The van der Waals surface area contributed by atoms with E-state index in [1.165, 1.54) is 5.56 Å². The van der Waals surface area contributed by atoms with Crippen molar-refractivity contribution in [2.24, 2.45) is 0 Å². The highest BCUT2D eigenvalue weighted by atomic mass is 79.9. The van der Waals surface area contributed by atoms with Crippen LogP contribution < -0.4 is 5.32 Å². The van der Waals surface area contributed by atoms with E-state index in [2.05, 4.69) is 40.3 Å². The molecule has 0 aliphatic heterocycles. The van der Waals surface area contributed by atoms with E-state index in [-0.39, 0.29) is 6.42 Å².